The minimum absolute atomic E-state index is 0.0491. The zero-order valence-corrected chi connectivity index (χ0v) is 13.9. The van der Waals surface area contributed by atoms with Crippen LogP contribution in [0.15, 0.2) is 59.2 Å². The van der Waals surface area contributed by atoms with Crippen molar-refractivity contribution in [2.45, 2.75) is 6.54 Å². The van der Waals surface area contributed by atoms with Crippen LogP contribution >= 0.6 is 15.9 Å². The first kappa shape index (κ1) is 16.3. The summed E-state index contributed by atoms with van der Waals surface area (Å²) >= 11 is 3.26. The molecule has 2 aromatic carbocycles. The maximum absolute atomic E-state index is 13.7. The van der Waals surface area contributed by atoms with E-state index in [1.807, 2.05) is 0 Å². The van der Waals surface area contributed by atoms with Gasteiger partial charge in [0, 0.05) is 22.8 Å². The summed E-state index contributed by atoms with van der Waals surface area (Å²) in [6, 6.07) is 11.8. The minimum atomic E-state index is -0.421. The Labute approximate surface area is 145 Å². The van der Waals surface area contributed by atoms with E-state index in [0.717, 1.165) is 4.47 Å². The fourth-order valence-electron chi connectivity index (χ4n) is 2.13. The SMILES string of the molecule is O=C(NCc1cc(Br)ccc1F)c1ccn(-c2ccc(F)cc2)n1. The molecule has 3 aromatic rings. The highest BCUT2D eigenvalue weighted by Crippen LogP contribution is 2.15. The summed E-state index contributed by atoms with van der Waals surface area (Å²) in [5, 5.41) is 6.76. The van der Waals surface area contributed by atoms with Crippen LogP contribution in [0.2, 0.25) is 0 Å². The van der Waals surface area contributed by atoms with Gasteiger partial charge in [-0.05, 0) is 48.5 Å². The van der Waals surface area contributed by atoms with Crippen LogP contribution in [-0.2, 0) is 6.54 Å². The summed E-state index contributed by atoms with van der Waals surface area (Å²) in [5.41, 5.74) is 1.19. The lowest BCUT2D eigenvalue weighted by Gasteiger charge is -2.05. The van der Waals surface area contributed by atoms with Gasteiger partial charge in [-0.2, -0.15) is 5.10 Å². The Balaban J connectivity index is 1.70. The number of benzene rings is 2. The van der Waals surface area contributed by atoms with Crippen molar-refractivity contribution >= 4 is 21.8 Å². The molecule has 122 valence electrons. The average molecular weight is 392 g/mol. The molecule has 3 rings (SSSR count). The molecule has 1 amide bonds. The topological polar surface area (TPSA) is 46.9 Å². The van der Waals surface area contributed by atoms with E-state index in [-0.39, 0.29) is 18.1 Å². The third-order valence-electron chi connectivity index (χ3n) is 3.36. The smallest absolute Gasteiger partial charge is 0.272 e. The molecule has 0 saturated carbocycles. The van der Waals surface area contributed by atoms with Crippen LogP contribution in [0, 0.1) is 11.6 Å². The van der Waals surface area contributed by atoms with Crippen molar-refractivity contribution in [1.82, 2.24) is 15.1 Å². The second kappa shape index (κ2) is 6.92. The van der Waals surface area contributed by atoms with E-state index in [1.165, 1.54) is 28.9 Å². The standard InChI is InChI=1S/C17H12BrF2N3O/c18-12-1-6-15(20)11(9-12)10-21-17(24)16-7-8-23(22-16)14-4-2-13(19)3-5-14/h1-9H,10H2,(H,21,24). The summed E-state index contributed by atoms with van der Waals surface area (Å²) in [6.07, 6.45) is 1.60. The highest BCUT2D eigenvalue weighted by atomic mass is 79.9. The van der Waals surface area contributed by atoms with E-state index >= 15 is 0 Å². The molecule has 0 bridgehead atoms. The maximum atomic E-state index is 13.7. The number of aromatic nitrogens is 2. The van der Waals surface area contributed by atoms with E-state index in [1.54, 1.807) is 30.5 Å². The Bertz CT molecular complexity index is 878. The average Bonchev–Trinajstić information content (AvgIpc) is 3.06. The monoisotopic (exact) mass is 391 g/mol. The molecule has 0 aliphatic rings. The first-order valence-corrected chi connectivity index (χ1v) is 7.86. The van der Waals surface area contributed by atoms with Crippen molar-refractivity contribution in [3.8, 4) is 5.69 Å². The summed E-state index contributed by atoms with van der Waals surface area (Å²) < 4.78 is 28.8. The molecule has 0 saturated heterocycles. The lowest BCUT2D eigenvalue weighted by Crippen LogP contribution is -2.24. The van der Waals surface area contributed by atoms with Gasteiger partial charge in [-0.15, -0.1) is 0 Å². The zero-order chi connectivity index (χ0) is 17.1. The summed E-state index contributed by atoms with van der Waals surface area (Å²) in [7, 11) is 0. The van der Waals surface area contributed by atoms with Crippen molar-refractivity contribution < 1.29 is 13.6 Å². The zero-order valence-electron chi connectivity index (χ0n) is 12.3. The molecule has 0 radical (unpaired) electrons. The molecule has 1 heterocycles. The van der Waals surface area contributed by atoms with E-state index in [2.05, 4.69) is 26.3 Å². The van der Waals surface area contributed by atoms with Crippen LogP contribution < -0.4 is 5.32 Å². The molecular formula is C17H12BrF2N3O. The van der Waals surface area contributed by atoms with Crippen molar-refractivity contribution in [2.75, 3.05) is 0 Å². The van der Waals surface area contributed by atoms with E-state index in [9.17, 15) is 13.6 Å². The normalized spacial score (nSPS) is 10.6. The van der Waals surface area contributed by atoms with Gasteiger partial charge in [0.1, 0.15) is 11.6 Å². The van der Waals surface area contributed by atoms with Crippen molar-refractivity contribution in [1.29, 1.82) is 0 Å². The first-order valence-electron chi connectivity index (χ1n) is 7.06. The van der Waals surface area contributed by atoms with Gasteiger partial charge < -0.3 is 5.32 Å². The number of nitrogens with one attached hydrogen (secondary N) is 1. The van der Waals surface area contributed by atoms with Gasteiger partial charge in [-0.3, -0.25) is 4.79 Å². The molecule has 0 atom stereocenters. The molecular weight excluding hydrogens is 380 g/mol. The predicted octanol–water partition coefficient (Wildman–Crippen LogP) is 3.84. The molecule has 1 N–H and O–H groups in total. The van der Waals surface area contributed by atoms with E-state index < -0.39 is 11.7 Å². The third-order valence-corrected chi connectivity index (χ3v) is 3.85. The van der Waals surface area contributed by atoms with Gasteiger partial charge in [0.2, 0.25) is 0 Å². The fourth-order valence-corrected chi connectivity index (χ4v) is 2.54. The van der Waals surface area contributed by atoms with Crippen LogP contribution in [0.1, 0.15) is 16.1 Å². The third kappa shape index (κ3) is 3.68. The molecule has 4 nitrogen and oxygen atoms in total. The van der Waals surface area contributed by atoms with Crippen LogP contribution in [-0.4, -0.2) is 15.7 Å². The number of carbonyl (C=O) groups excluding carboxylic acids is 1. The molecule has 0 aliphatic heterocycles. The second-order valence-corrected chi connectivity index (χ2v) is 5.96. The first-order chi connectivity index (χ1) is 11.5. The Hall–Kier alpha value is -2.54. The molecule has 1 aromatic heterocycles. The van der Waals surface area contributed by atoms with E-state index in [4.69, 9.17) is 0 Å². The number of hydrogen-bond acceptors (Lipinski definition) is 2. The number of halogens is 3. The fraction of sp³-hybridized carbons (Fsp3) is 0.0588. The summed E-state index contributed by atoms with van der Waals surface area (Å²) in [4.78, 5) is 12.1. The predicted molar refractivity (Wildman–Crippen MR) is 88.8 cm³/mol. The molecule has 7 heteroatoms. The molecule has 0 spiro atoms. The molecule has 0 fully saturated rings. The number of rotatable bonds is 4. The van der Waals surface area contributed by atoms with Crippen LogP contribution in [0.5, 0.6) is 0 Å². The lowest BCUT2D eigenvalue weighted by atomic mass is 10.2. The molecule has 24 heavy (non-hydrogen) atoms. The summed E-state index contributed by atoms with van der Waals surface area (Å²) in [5.74, 6) is -1.16. The van der Waals surface area contributed by atoms with Gasteiger partial charge in [0.05, 0.1) is 5.69 Å². The molecule has 0 aliphatic carbocycles. The van der Waals surface area contributed by atoms with Gasteiger partial charge in [-0.25, -0.2) is 13.5 Å². The van der Waals surface area contributed by atoms with Crippen molar-refractivity contribution in [3.05, 3.63) is 82.1 Å². The minimum Gasteiger partial charge on any atom is -0.346 e. The molecule has 0 unspecified atom stereocenters. The van der Waals surface area contributed by atoms with Gasteiger partial charge in [-0.1, -0.05) is 15.9 Å². The Morgan fingerprint density at radius 2 is 1.88 bits per heavy atom. The van der Waals surface area contributed by atoms with Crippen molar-refractivity contribution in [2.24, 2.45) is 0 Å². The number of carbonyl (C=O) groups is 1. The van der Waals surface area contributed by atoms with Gasteiger partial charge >= 0.3 is 0 Å². The number of hydrogen-bond donors (Lipinski definition) is 1. The highest BCUT2D eigenvalue weighted by molar-refractivity contribution is 9.10. The number of nitrogens with zero attached hydrogens (tertiary/aromatic N) is 2. The quantitative estimate of drug-likeness (QED) is 0.734. The largest absolute Gasteiger partial charge is 0.346 e. The Morgan fingerprint density at radius 1 is 1.12 bits per heavy atom. The van der Waals surface area contributed by atoms with Crippen LogP contribution in [0.3, 0.4) is 0 Å². The number of amides is 1. The van der Waals surface area contributed by atoms with Gasteiger partial charge in [0.15, 0.2) is 5.69 Å². The van der Waals surface area contributed by atoms with Gasteiger partial charge in [0.25, 0.3) is 5.91 Å². The summed E-state index contributed by atoms with van der Waals surface area (Å²) in [6.45, 7) is 0.0491. The Morgan fingerprint density at radius 3 is 2.62 bits per heavy atom. The van der Waals surface area contributed by atoms with Crippen molar-refractivity contribution in [3.63, 3.8) is 0 Å². The Kier molecular flexibility index (Phi) is 4.71. The van der Waals surface area contributed by atoms with E-state index in [0.29, 0.717) is 11.3 Å². The lowest BCUT2D eigenvalue weighted by molar-refractivity contribution is 0.0945. The maximum Gasteiger partial charge on any atom is 0.272 e. The highest BCUT2D eigenvalue weighted by Gasteiger charge is 2.11. The van der Waals surface area contributed by atoms with Crippen LogP contribution in [0.4, 0.5) is 8.78 Å². The van der Waals surface area contributed by atoms with Crippen LogP contribution in [0.25, 0.3) is 5.69 Å². The second-order valence-electron chi connectivity index (χ2n) is 5.04.